The second-order valence-electron chi connectivity index (χ2n) is 8.12. The molecule has 3 saturated heterocycles. The van der Waals surface area contributed by atoms with E-state index in [1.807, 2.05) is 9.80 Å². The average Bonchev–Trinajstić information content (AvgIpc) is 2.75. The van der Waals surface area contributed by atoms with E-state index in [-0.39, 0.29) is 23.3 Å². The van der Waals surface area contributed by atoms with Crippen molar-refractivity contribution in [2.24, 2.45) is 5.92 Å². The standard InChI is InChI=1S/C21H29N3O3/c25-19(24-13-8-21(9-14-24)7-1-2-15-27-21)17-5-11-23(12-6-17)20(26)18-4-3-10-22-16-18/h3-4,10,16-17H,1-2,5-9,11-15H2. The predicted octanol–water partition coefficient (Wildman–Crippen LogP) is 2.50. The van der Waals surface area contributed by atoms with E-state index in [1.165, 1.54) is 12.8 Å². The van der Waals surface area contributed by atoms with E-state index in [0.29, 0.717) is 18.7 Å². The SMILES string of the molecule is O=C(c1cccnc1)N1CCC(C(=O)N2CCC3(CCCCO3)CC2)CC1. The van der Waals surface area contributed by atoms with E-state index in [1.54, 1.807) is 24.5 Å². The van der Waals surface area contributed by atoms with Crippen molar-refractivity contribution in [1.29, 1.82) is 0 Å². The van der Waals surface area contributed by atoms with Crippen LogP contribution in [0.3, 0.4) is 0 Å². The molecule has 6 nitrogen and oxygen atoms in total. The van der Waals surface area contributed by atoms with Crippen LogP contribution in [0.1, 0.15) is 55.3 Å². The highest BCUT2D eigenvalue weighted by molar-refractivity contribution is 5.94. The van der Waals surface area contributed by atoms with E-state index >= 15 is 0 Å². The third-order valence-corrected chi connectivity index (χ3v) is 6.46. The second-order valence-corrected chi connectivity index (χ2v) is 8.12. The number of hydrogen-bond donors (Lipinski definition) is 0. The van der Waals surface area contributed by atoms with Crippen molar-refractivity contribution in [2.75, 3.05) is 32.8 Å². The highest BCUT2D eigenvalue weighted by Gasteiger charge is 2.39. The number of nitrogens with zero attached hydrogens (tertiary/aromatic N) is 3. The van der Waals surface area contributed by atoms with Gasteiger partial charge in [0.2, 0.25) is 5.91 Å². The van der Waals surface area contributed by atoms with Crippen LogP contribution < -0.4 is 0 Å². The van der Waals surface area contributed by atoms with Gasteiger partial charge in [-0.3, -0.25) is 14.6 Å². The zero-order chi connectivity index (χ0) is 18.7. The lowest BCUT2D eigenvalue weighted by molar-refractivity contribution is -0.147. The summed E-state index contributed by atoms with van der Waals surface area (Å²) in [4.78, 5) is 33.4. The Morgan fingerprint density at radius 3 is 2.44 bits per heavy atom. The number of piperidine rings is 2. The summed E-state index contributed by atoms with van der Waals surface area (Å²) in [6, 6.07) is 3.58. The minimum atomic E-state index is 0.0170. The zero-order valence-corrected chi connectivity index (χ0v) is 15.9. The van der Waals surface area contributed by atoms with Crippen LogP contribution >= 0.6 is 0 Å². The molecule has 0 aliphatic carbocycles. The molecule has 146 valence electrons. The van der Waals surface area contributed by atoms with Crippen LogP contribution in [0.5, 0.6) is 0 Å². The third-order valence-electron chi connectivity index (χ3n) is 6.46. The molecule has 0 N–H and O–H groups in total. The molecule has 0 aromatic carbocycles. The van der Waals surface area contributed by atoms with Gasteiger partial charge in [-0.25, -0.2) is 0 Å². The molecule has 1 aromatic heterocycles. The molecule has 0 radical (unpaired) electrons. The number of pyridine rings is 1. The Hall–Kier alpha value is -1.95. The lowest BCUT2D eigenvalue weighted by atomic mass is 9.84. The van der Waals surface area contributed by atoms with E-state index < -0.39 is 0 Å². The fourth-order valence-corrected chi connectivity index (χ4v) is 4.70. The van der Waals surface area contributed by atoms with Crippen molar-refractivity contribution in [1.82, 2.24) is 14.8 Å². The van der Waals surface area contributed by atoms with Crippen molar-refractivity contribution in [3.8, 4) is 0 Å². The van der Waals surface area contributed by atoms with Crippen LogP contribution in [0.15, 0.2) is 24.5 Å². The normalized spacial score (nSPS) is 23.4. The van der Waals surface area contributed by atoms with Crippen molar-refractivity contribution in [3.05, 3.63) is 30.1 Å². The molecule has 3 aliphatic heterocycles. The van der Waals surface area contributed by atoms with Gasteiger partial charge >= 0.3 is 0 Å². The molecular weight excluding hydrogens is 342 g/mol. The number of likely N-dealkylation sites (tertiary alicyclic amines) is 2. The quantitative estimate of drug-likeness (QED) is 0.801. The summed E-state index contributed by atoms with van der Waals surface area (Å²) in [6.07, 6.45) is 10.3. The lowest BCUT2D eigenvalue weighted by Gasteiger charge is -2.45. The van der Waals surface area contributed by atoms with Crippen LogP contribution in [-0.2, 0) is 9.53 Å². The molecule has 4 heterocycles. The first-order valence-electron chi connectivity index (χ1n) is 10.3. The zero-order valence-electron chi connectivity index (χ0n) is 15.9. The van der Waals surface area contributed by atoms with Crippen molar-refractivity contribution in [2.45, 2.75) is 50.5 Å². The Morgan fingerprint density at radius 2 is 1.81 bits per heavy atom. The number of hydrogen-bond acceptors (Lipinski definition) is 4. The third kappa shape index (κ3) is 4.00. The Morgan fingerprint density at radius 1 is 1.04 bits per heavy atom. The Labute approximate surface area is 160 Å². The van der Waals surface area contributed by atoms with Crippen LogP contribution in [0.4, 0.5) is 0 Å². The van der Waals surface area contributed by atoms with Gasteiger partial charge < -0.3 is 14.5 Å². The van der Waals surface area contributed by atoms with Crippen LogP contribution in [0.25, 0.3) is 0 Å². The van der Waals surface area contributed by atoms with Crippen LogP contribution in [0, 0.1) is 5.92 Å². The van der Waals surface area contributed by atoms with Gasteiger partial charge in [-0.1, -0.05) is 0 Å². The molecule has 0 bridgehead atoms. The van der Waals surface area contributed by atoms with Gasteiger partial charge in [0, 0.05) is 51.1 Å². The second kappa shape index (κ2) is 7.97. The lowest BCUT2D eigenvalue weighted by Crippen LogP contribution is -2.51. The molecule has 1 aromatic rings. The first-order valence-corrected chi connectivity index (χ1v) is 10.3. The summed E-state index contributed by atoms with van der Waals surface area (Å²) >= 11 is 0. The van der Waals surface area contributed by atoms with Gasteiger partial charge in [-0.15, -0.1) is 0 Å². The molecule has 2 amide bonds. The summed E-state index contributed by atoms with van der Waals surface area (Å²) in [5.74, 6) is 0.335. The van der Waals surface area contributed by atoms with Gasteiger partial charge in [0.05, 0.1) is 11.2 Å². The van der Waals surface area contributed by atoms with Gasteiger partial charge in [0.15, 0.2) is 0 Å². The van der Waals surface area contributed by atoms with Gasteiger partial charge in [0.1, 0.15) is 0 Å². The largest absolute Gasteiger partial charge is 0.375 e. The summed E-state index contributed by atoms with van der Waals surface area (Å²) in [6.45, 7) is 3.79. The first kappa shape index (κ1) is 18.4. The van der Waals surface area contributed by atoms with E-state index in [4.69, 9.17) is 4.74 Å². The van der Waals surface area contributed by atoms with Crippen molar-refractivity contribution < 1.29 is 14.3 Å². The van der Waals surface area contributed by atoms with Crippen LogP contribution in [0.2, 0.25) is 0 Å². The van der Waals surface area contributed by atoms with E-state index in [0.717, 1.165) is 51.8 Å². The highest BCUT2D eigenvalue weighted by atomic mass is 16.5. The molecule has 3 fully saturated rings. The van der Waals surface area contributed by atoms with Crippen LogP contribution in [-0.4, -0.2) is 65.0 Å². The Kier molecular flexibility index (Phi) is 5.43. The number of ether oxygens (including phenoxy) is 1. The molecule has 4 rings (SSSR count). The maximum atomic E-state index is 12.9. The monoisotopic (exact) mass is 371 g/mol. The summed E-state index contributed by atoms with van der Waals surface area (Å²) in [5, 5.41) is 0. The number of amides is 2. The molecular formula is C21H29N3O3. The van der Waals surface area contributed by atoms with Gasteiger partial charge in [-0.05, 0) is 57.1 Å². The van der Waals surface area contributed by atoms with Crippen molar-refractivity contribution in [3.63, 3.8) is 0 Å². The average molecular weight is 371 g/mol. The maximum Gasteiger partial charge on any atom is 0.255 e. The highest BCUT2D eigenvalue weighted by Crippen LogP contribution is 2.35. The summed E-state index contributed by atoms with van der Waals surface area (Å²) in [5.41, 5.74) is 0.658. The first-order chi connectivity index (χ1) is 13.2. The Bertz CT molecular complexity index is 655. The molecule has 27 heavy (non-hydrogen) atoms. The molecule has 0 unspecified atom stereocenters. The smallest absolute Gasteiger partial charge is 0.255 e. The summed E-state index contributed by atoms with van der Waals surface area (Å²) < 4.78 is 6.08. The van der Waals surface area contributed by atoms with Gasteiger partial charge in [-0.2, -0.15) is 0 Å². The fourth-order valence-electron chi connectivity index (χ4n) is 4.70. The number of rotatable bonds is 2. The molecule has 6 heteroatoms. The molecule has 1 spiro atoms. The Balaban J connectivity index is 1.27. The minimum absolute atomic E-state index is 0.0170. The van der Waals surface area contributed by atoms with E-state index in [9.17, 15) is 9.59 Å². The van der Waals surface area contributed by atoms with Gasteiger partial charge in [0.25, 0.3) is 5.91 Å². The topological polar surface area (TPSA) is 62.7 Å². The number of carbonyl (C=O) groups excluding carboxylic acids is 2. The van der Waals surface area contributed by atoms with Crippen molar-refractivity contribution >= 4 is 11.8 Å². The molecule has 0 atom stereocenters. The summed E-state index contributed by atoms with van der Waals surface area (Å²) in [7, 11) is 0. The number of carbonyl (C=O) groups is 2. The number of aromatic nitrogens is 1. The molecule has 0 saturated carbocycles. The van der Waals surface area contributed by atoms with E-state index in [2.05, 4.69) is 4.98 Å². The maximum absolute atomic E-state index is 12.9. The molecule has 3 aliphatic rings. The minimum Gasteiger partial charge on any atom is -0.375 e. The fraction of sp³-hybridized carbons (Fsp3) is 0.667. The predicted molar refractivity (Wildman–Crippen MR) is 101 cm³/mol.